The lowest BCUT2D eigenvalue weighted by Crippen LogP contribution is -2.25. The summed E-state index contributed by atoms with van der Waals surface area (Å²) in [6.45, 7) is 5.12. The van der Waals surface area contributed by atoms with Gasteiger partial charge in [0.05, 0.1) is 32.0 Å². The predicted octanol–water partition coefficient (Wildman–Crippen LogP) is 0.437. The number of ether oxygens (including phenoxy) is 3. The van der Waals surface area contributed by atoms with Gasteiger partial charge in [0, 0.05) is 12.5 Å². The second-order valence-corrected chi connectivity index (χ2v) is 3.07. The highest BCUT2D eigenvalue weighted by Gasteiger charge is 2.41. The zero-order chi connectivity index (χ0) is 7.68. The topological polar surface area (TPSA) is 27.7 Å². The minimum absolute atomic E-state index is 0.285. The Labute approximate surface area is 66.6 Å². The van der Waals surface area contributed by atoms with Crippen molar-refractivity contribution in [3.63, 3.8) is 0 Å². The SMILES string of the molecule is CCOC1COC2COCC21. The Balaban J connectivity index is 1.92. The molecule has 0 amide bonds. The Morgan fingerprint density at radius 1 is 1.36 bits per heavy atom. The van der Waals surface area contributed by atoms with Gasteiger partial charge in [0.15, 0.2) is 0 Å². The van der Waals surface area contributed by atoms with Crippen molar-refractivity contribution >= 4 is 0 Å². The van der Waals surface area contributed by atoms with Crippen LogP contribution in [-0.4, -0.2) is 38.6 Å². The summed E-state index contributed by atoms with van der Waals surface area (Å²) >= 11 is 0. The van der Waals surface area contributed by atoms with Gasteiger partial charge in [-0.1, -0.05) is 0 Å². The van der Waals surface area contributed by atoms with E-state index in [1.165, 1.54) is 0 Å². The Hall–Kier alpha value is -0.120. The van der Waals surface area contributed by atoms with Crippen LogP contribution in [0.1, 0.15) is 6.92 Å². The Bertz CT molecular complexity index is 135. The number of hydrogen-bond donors (Lipinski definition) is 0. The van der Waals surface area contributed by atoms with Gasteiger partial charge in [-0.05, 0) is 6.92 Å². The summed E-state index contributed by atoms with van der Waals surface area (Å²) in [6, 6.07) is 0. The quantitative estimate of drug-likeness (QED) is 0.583. The molecule has 0 bridgehead atoms. The molecule has 0 spiro atoms. The molecule has 3 unspecified atom stereocenters. The van der Waals surface area contributed by atoms with Crippen LogP contribution >= 0.6 is 0 Å². The monoisotopic (exact) mass is 158 g/mol. The molecule has 2 aliphatic rings. The Kier molecular flexibility index (Phi) is 2.11. The molecule has 0 N–H and O–H groups in total. The molecule has 2 aliphatic heterocycles. The van der Waals surface area contributed by atoms with Crippen molar-refractivity contribution in [1.82, 2.24) is 0 Å². The summed E-state index contributed by atoms with van der Waals surface area (Å²) in [4.78, 5) is 0. The minimum atomic E-state index is 0.285. The van der Waals surface area contributed by atoms with E-state index < -0.39 is 0 Å². The van der Waals surface area contributed by atoms with Crippen LogP contribution in [0.15, 0.2) is 0 Å². The molecular formula is C8H14O3. The van der Waals surface area contributed by atoms with Crippen LogP contribution < -0.4 is 0 Å². The maximum atomic E-state index is 5.51. The second kappa shape index (κ2) is 3.09. The molecule has 11 heavy (non-hydrogen) atoms. The van der Waals surface area contributed by atoms with Gasteiger partial charge >= 0.3 is 0 Å². The van der Waals surface area contributed by atoms with E-state index in [4.69, 9.17) is 14.2 Å². The second-order valence-electron chi connectivity index (χ2n) is 3.07. The highest BCUT2D eigenvalue weighted by atomic mass is 16.6. The van der Waals surface area contributed by atoms with Gasteiger partial charge in [-0.25, -0.2) is 0 Å². The summed E-state index contributed by atoms with van der Waals surface area (Å²) < 4.78 is 16.3. The van der Waals surface area contributed by atoms with E-state index in [9.17, 15) is 0 Å². The van der Waals surface area contributed by atoms with Gasteiger partial charge in [-0.15, -0.1) is 0 Å². The first kappa shape index (κ1) is 7.53. The largest absolute Gasteiger partial charge is 0.378 e. The van der Waals surface area contributed by atoms with Gasteiger partial charge in [-0.2, -0.15) is 0 Å². The van der Waals surface area contributed by atoms with E-state index in [0.717, 1.165) is 26.4 Å². The first-order valence-corrected chi connectivity index (χ1v) is 4.22. The van der Waals surface area contributed by atoms with Gasteiger partial charge in [0.25, 0.3) is 0 Å². The minimum Gasteiger partial charge on any atom is -0.378 e. The molecule has 0 saturated carbocycles. The van der Waals surface area contributed by atoms with Crippen molar-refractivity contribution in [3.8, 4) is 0 Å². The maximum Gasteiger partial charge on any atom is 0.0885 e. The smallest absolute Gasteiger partial charge is 0.0885 e. The average Bonchev–Trinajstić information content (AvgIpc) is 2.53. The van der Waals surface area contributed by atoms with E-state index in [1.54, 1.807) is 0 Å². The standard InChI is InChI=1S/C8H14O3/c1-2-10-8-5-11-7-4-9-3-6(7)8/h6-8H,2-5H2,1H3. The third kappa shape index (κ3) is 1.28. The molecule has 0 radical (unpaired) electrons. The van der Waals surface area contributed by atoms with Crippen LogP contribution in [0.25, 0.3) is 0 Å². The maximum absolute atomic E-state index is 5.51. The van der Waals surface area contributed by atoms with Crippen LogP contribution in [0.4, 0.5) is 0 Å². The average molecular weight is 158 g/mol. The first-order valence-electron chi connectivity index (χ1n) is 4.22. The molecule has 2 heterocycles. The van der Waals surface area contributed by atoms with Gasteiger partial charge < -0.3 is 14.2 Å². The molecule has 2 fully saturated rings. The lowest BCUT2D eigenvalue weighted by atomic mass is 10.0. The molecule has 64 valence electrons. The number of fused-ring (bicyclic) bond motifs is 1. The molecular weight excluding hydrogens is 144 g/mol. The van der Waals surface area contributed by atoms with Crippen LogP contribution in [0.5, 0.6) is 0 Å². The Morgan fingerprint density at radius 3 is 3.09 bits per heavy atom. The summed E-state index contributed by atoms with van der Waals surface area (Å²) in [7, 11) is 0. The fourth-order valence-electron chi connectivity index (χ4n) is 1.80. The highest BCUT2D eigenvalue weighted by Crippen LogP contribution is 2.29. The molecule has 3 nitrogen and oxygen atoms in total. The summed E-state index contributed by atoms with van der Waals surface area (Å²) in [6.07, 6.45) is 0.596. The van der Waals surface area contributed by atoms with E-state index in [0.29, 0.717) is 12.0 Å². The molecule has 0 aromatic rings. The number of rotatable bonds is 2. The number of hydrogen-bond acceptors (Lipinski definition) is 3. The van der Waals surface area contributed by atoms with Crippen LogP contribution in [0.2, 0.25) is 0 Å². The zero-order valence-corrected chi connectivity index (χ0v) is 6.79. The lowest BCUT2D eigenvalue weighted by molar-refractivity contribution is 0.00613. The molecule has 2 saturated heterocycles. The van der Waals surface area contributed by atoms with Gasteiger partial charge in [0.2, 0.25) is 0 Å². The summed E-state index contributed by atoms with van der Waals surface area (Å²) in [5.74, 6) is 0.495. The lowest BCUT2D eigenvalue weighted by Gasteiger charge is -2.13. The fraction of sp³-hybridized carbons (Fsp3) is 1.00. The van der Waals surface area contributed by atoms with Crippen molar-refractivity contribution in [2.24, 2.45) is 5.92 Å². The normalized spacial score (nSPS) is 42.8. The van der Waals surface area contributed by atoms with Crippen LogP contribution in [0, 0.1) is 5.92 Å². The third-order valence-electron chi connectivity index (χ3n) is 2.40. The Morgan fingerprint density at radius 2 is 2.27 bits per heavy atom. The fourth-order valence-corrected chi connectivity index (χ4v) is 1.80. The summed E-state index contributed by atoms with van der Waals surface area (Å²) in [5.41, 5.74) is 0. The van der Waals surface area contributed by atoms with Gasteiger partial charge in [-0.3, -0.25) is 0 Å². The van der Waals surface area contributed by atoms with Crippen molar-refractivity contribution in [3.05, 3.63) is 0 Å². The molecule has 0 aromatic heterocycles. The van der Waals surface area contributed by atoms with E-state index in [2.05, 4.69) is 0 Å². The van der Waals surface area contributed by atoms with E-state index in [1.807, 2.05) is 6.92 Å². The molecule has 3 heteroatoms. The van der Waals surface area contributed by atoms with Crippen molar-refractivity contribution in [2.75, 3.05) is 26.4 Å². The van der Waals surface area contributed by atoms with Crippen molar-refractivity contribution in [1.29, 1.82) is 0 Å². The molecule has 0 aromatic carbocycles. The van der Waals surface area contributed by atoms with Crippen LogP contribution in [0.3, 0.4) is 0 Å². The van der Waals surface area contributed by atoms with Gasteiger partial charge in [0.1, 0.15) is 0 Å². The van der Waals surface area contributed by atoms with Crippen molar-refractivity contribution < 1.29 is 14.2 Å². The molecule has 2 rings (SSSR count). The highest BCUT2D eigenvalue weighted by molar-refractivity contribution is 4.88. The first-order chi connectivity index (χ1) is 5.42. The predicted molar refractivity (Wildman–Crippen MR) is 39.5 cm³/mol. The zero-order valence-electron chi connectivity index (χ0n) is 6.79. The van der Waals surface area contributed by atoms with Crippen molar-refractivity contribution in [2.45, 2.75) is 19.1 Å². The molecule has 0 aliphatic carbocycles. The van der Waals surface area contributed by atoms with E-state index >= 15 is 0 Å². The molecule has 3 atom stereocenters. The summed E-state index contributed by atoms with van der Waals surface area (Å²) in [5, 5.41) is 0. The van der Waals surface area contributed by atoms with E-state index in [-0.39, 0.29) is 6.10 Å². The van der Waals surface area contributed by atoms with Crippen LogP contribution in [-0.2, 0) is 14.2 Å². The third-order valence-corrected chi connectivity index (χ3v) is 2.40.